The van der Waals surface area contributed by atoms with Gasteiger partial charge in [0.05, 0.1) is 4.34 Å². The number of hydrogen-bond acceptors (Lipinski definition) is 2. The number of hydrogen-bond donors (Lipinski definition) is 0. The fraction of sp³-hybridized carbons (Fsp3) is 0.545. The molecule has 76 valence electrons. The lowest BCUT2D eigenvalue weighted by Gasteiger charge is -2.44. The molecule has 1 aliphatic carbocycles. The van der Waals surface area contributed by atoms with Gasteiger partial charge in [-0.1, -0.05) is 25.4 Å². The van der Waals surface area contributed by atoms with Crippen LogP contribution in [0.25, 0.3) is 0 Å². The lowest BCUT2D eigenvalue weighted by molar-refractivity contribution is -0.139. The van der Waals surface area contributed by atoms with Crippen molar-refractivity contribution in [2.75, 3.05) is 0 Å². The second-order valence-corrected chi connectivity index (χ2v) is 5.68. The first-order chi connectivity index (χ1) is 6.58. The molecule has 1 nitrogen and oxygen atoms in total. The van der Waals surface area contributed by atoms with Crippen molar-refractivity contribution in [2.45, 2.75) is 32.6 Å². The Labute approximate surface area is 93.1 Å². The monoisotopic (exact) mass is 228 g/mol. The standard InChI is InChI=1S/C11H13ClOS/c1-3-11(2)8(5-9(11)13)7-4-10(12)14-6-7/h4,6,8H,3,5H2,1-2H3. The summed E-state index contributed by atoms with van der Waals surface area (Å²) in [6, 6.07) is 2.00. The van der Waals surface area contributed by atoms with Gasteiger partial charge in [0.15, 0.2) is 0 Å². The molecule has 0 saturated heterocycles. The highest BCUT2D eigenvalue weighted by molar-refractivity contribution is 7.14. The van der Waals surface area contributed by atoms with Gasteiger partial charge in [-0.15, -0.1) is 11.3 Å². The summed E-state index contributed by atoms with van der Waals surface area (Å²) in [5.41, 5.74) is 1.11. The molecule has 0 N–H and O–H groups in total. The number of carbonyl (C=O) groups is 1. The van der Waals surface area contributed by atoms with Crippen molar-refractivity contribution in [1.29, 1.82) is 0 Å². The fourth-order valence-corrected chi connectivity index (χ4v) is 3.09. The zero-order chi connectivity index (χ0) is 10.3. The molecule has 0 radical (unpaired) electrons. The Hall–Kier alpha value is -0.340. The number of rotatable bonds is 2. The average Bonchev–Trinajstić information content (AvgIpc) is 2.59. The highest BCUT2D eigenvalue weighted by Crippen LogP contribution is 2.52. The summed E-state index contributed by atoms with van der Waals surface area (Å²) < 4.78 is 0.817. The lowest BCUT2D eigenvalue weighted by Crippen LogP contribution is -2.45. The predicted molar refractivity (Wildman–Crippen MR) is 60.1 cm³/mol. The first-order valence-corrected chi connectivity index (χ1v) is 6.11. The van der Waals surface area contributed by atoms with E-state index in [-0.39, 0.29) is 5.41 Å². The number of halogens is 1. The van der Waals surface area contributed by atoms with Crippen LogP contribution in [0.3, 0.4) is 0 Å². The third kappa shape index (κ3) is 1.32. The lowest BCUT2D eigenvalue weighted by atomic mass is 9.57. The topological polar surface area (TPSA) is 17.1 Å². The highest BCUT2D eigenvalue weighted by atomic mass is 35.5. The van der Waals surface area contributed by atoms with Crippen LogP contribution in [0.4, 0.5) is 0 Å². The van der Waals surface area contributed by atoms with E-state index in [9.17, 15) is 4.79 Å². The molecule has 1 saturated carbocycles. The summed E-state index contributed by atoms with van der Waals surface area (Å²) in [6.45, 7) is 4.15. The first kappa shape index (κ1) is 10.2. The molecule has 1 aromatic rings. The van der Waals surface area contributed by atoms with Crippen molar-refractivity contribution in [3.05, 3.63) is 21.3 Å². The Bertz CT molecular complexity index is 371. The molecule has 3 heteroatoms. The van der Waals surface area contributed by atoms with Crippen molar-refractivity contribution >= 4 is 28.7 Å². The second kappa shape index (κ2) is 3.35. The van der Waals surface area contributed by atoms with Crippen molar-refractivity contribution in [3.63, 3.8) is 0 Å². The number of ketones is 1. The van der Waals surface area contributed by atoms with Crippen LogP contribution in [-0.2, 0) is 4.79 Å². The van der Waals surface area contributed by atoms with Gasteiger partial charge in [-0.3, -0.25) is 4.79 Å². The Morgan fingerprint density at radius 3 is 2.86 bits per heavy atom. The van der Waals surface area contributed by atoms with Gasteiger partial charge in [0.1, 0.15) is 5.78 Å². The van der Waals surface area contributed by atoms with Crippen LogP contribution >= 0.6 is 22.9 Å². The maximum atomic E-state index is 11.5. The van der Waals surface area contributed by atoms with E-state index in [0.29, 0.717) is 18.1 Å². The maximum Gasteiger partial charge on any atom is 0.140 e. The van der Waals surface area contributed by atoms with E-state index in [4.69, 9.17) is 11.6 Å². The van der Waals surface area contributed by atoms with E-state index in [0.717, 1.165) is 10.8 Å². The fourth-order valence-electron chi connectivity index (χ4n) is 2.14. The smallest absolute Gasteiger partial charge is 0.140 e. The van der Waals surface area contributed by atoms with Gasteiger partial charge >= 0.3 is 0 Å². The van der Waals surface area contributed by atoms with Gasteiger partial charge in [0.25, 0.3) is 0 Å². The van der Waals surface area contributed by atoms with Gasteiger partial charge in [0.2, 0.25) is 0 Å². The van der Waals surface area contributed by atoms with Crippen LogP contribution in [0, 0.1) is 5.41 Å². The minimum atomic E-state index is -0.135. The molecule has 2 atom stereocenters. The SMILES string of the molecule is CCC1(C)C(=O)CC1c1csc(Cl)c1. The summed E-state index contributed by atoms with van der Waals surface area (Å²) in [7, 11) is 0. The molecule has 1 aromatic heterocycles. The maximum absolute atomic E-state index is 11.5. The van der Waals surface area contributed by atoms with Crippen molar-refractivity contribution in [1.82, 2.24) is 0 Å². The van der Waals surface area contributed by atoms with Crippen LogP contribution in [-0.4, -0.2) is 5.78 Å². The van der Waals surface area contributed by atoms with E-state index in [1.165, 1.54) is 5.56 Å². The van der Waals surface area contributed by atoms with Crippen molar-refractivity contribution < 1.29 is 4.79 Å². The Balaban J connectivity index is 2.26. The third-order valence-electron chi connectivity index (χ3n) is 3.52. The van der Waals surface area contributed by atoms with Gasteiger partial charge in [-0.05, 0) is 23.4 Å². The molecule has 0 bridgehead atoms. The molecule has 0 spiro atoms. The van der Waals surface area contributed by atoms with E-state index in [1.54, 1.807) is 11.3 Å². The summed E-state index contributed by atoms with van der Waals surface area (Å²) in [6.07, 6.45) is 1.61. The first-order valence-electron chi connectivity index (χ1n) is 4.85. The number of Topliss-reactive ketones (excluding diaryl/α,β-unsaturated/α-hetero) is 1. The summed E-state index contributed by atoms with van der Waals surface area (Å²) in [5.74, 6) is 0.788. The largest absolute Gasteiger partial charge is 0.299 e. The minimum Gasteiger partial charge on any atom is -0.299 e. The molecular weight excluding hydrogens is 216 g/mol. The minimum absolute atomic E-state index is 0.135. The van der Waals surface area contributed by atoms with E-state index >= 15 is 0 Å². The van der Waals surface area contributed by atoms with Crippen LogP contribution in [0.2, 0.25) is 4.34 Å². The molecule has 0 amide bonds. The zero-order valence-corrected chi connectivity index (χ0v) is 9.91. The molecule has 14 heavy (non-hydrogen) atoms. The molecule has 0 aliphatic heterocycles. The van der Waals surface area contributed by atoms with Crippen molar-refractivity contribution in [3.8, 4) is 0 Å². The number of carbonyl (C=O) groups excluding carboxylic acids is 1. The molecular formula is C11H13ClOS. The quantitative estimate of drug-likeness (QED) is 0.751. The predicted octanol–water partition coefficient (Wildman–Crippen LogP) is 3.87. The molecule has 0 aromatic carbocycles. The van der Waals surface area contributed by atoms with Gasteiger partial charge < -0.3 is 0 Å². The summed E-state index contributed by atoms with van der Waals surface area (Å²) in [4.78, 5) is 11.5. The van der Waals surface area contributed by atoms with Crippen LogP contribution < -0.4 is 0 Å². The highest BCUT2D eigenvalue weighted by Gasteiger charge is 2.50. The van der Waals surface area contributed by atoms with Gasteiger partial charge in [0, 0.05) is 17.8 Å². The molecule has 1 aliphatic rings. The van der Waals surface area contributed by atoms with Crippen LogP contribution in [0.15, 0.2) is 11.4 Å². The van der Waals surface area contributed by atoms with Crippen molar-refractivity contribution in [2.24, 2.45) is 5.41 Å². The molecule has 1 fully saturated rings. The Kier molecular flexibility index (Phi) is 2.44. The molecule has 2 rings (SSSR count). The normalized spacial score (nSPS) is 31.6. The second-order valence-electron chi connectivity index (χ2n) is 4.14. The summed E-state index contributed by atoms with van der Waals surface area (Å²) in [5, 5.41) is 2.08. The molecule has 1 heterocycles. The zero-order valence-electron chi connectivity index (χ0n) is 8.34. The van der Waals surface area contributed by atoms with E-state index in [2.05, 4.69) is 19.2 Å². The third-order valence-corrected chi connectivity index (χ3v) is 4.63. The Morgan fingerprint density at radius 1 is 1.71 bits per heavy atom. The van der Waals surface area contributed by atoms with E-state index < -0.39 is 0 Å². The van der Waals surface area contributed by atoms with Crippen LogP contribution in [0.1, 0.15) is 38.2 Å². The van der Waals surface area contributed by atoms with E-state index in [1.807, 2.05) is 6.07 Å². The van der Waals surface area contributed by atoms with Crippen LogP contribution in [0.5, 0.6) is 0 Å². The van der Waals surface area contributed by atoms with Gasteiger partial charge in [-0.2, -0.15) is 0 Å². The van der Waals surface area contributed by atoms with Gasteiger partial charge in [-0.25, -0.2) is 0 Å². The Morgan fingerprint density at radius 2 is 2.43 bits per heavy atom. The molecule has 2 unspecified atom stereocenters. The number of thiophene rings is 1. The summed E-state index contributed by atoms with van der Waals surface area (Å²) >= 11 is 7.44. The average molecular weight is 229 g/mol.